The molecule has 132 valence electrons. The fourth-order valence-corrected chi connectivity index (χ4v) is 2.32. The van der Waals surface area contributed by atoms with Gasteiger partial charge in [0, 0.05) is 19.2 Å². The highest BCUT2D eigenvalue weighted by molar-refractivity contribution is 5.93. The van der Waals surface area contributed by atoms with Crippen LogP contribution in [0.5, 0.6) is 5.75 Å². The van der Waals surface area contributed by atoms with Gasteiger partial charge in [-0.3, -0.25) is 9.59 Å². The highest BCUT2D eigenvalue weighted by Crippen LogP contribution is 2.19. The smallest absolute Gasteiger partial charge is 0.251 e. The number of carbonyl (C=O) groups excluding carboxylic acids is 2. The van der Waals surface area contributed by atoms with Crippen LogP contribution in [0.2, 0.25) is 0 Å². The molecule has 2 N–H and O–H groups in total. The number of aryl methyl sites for hydroxylation is 2. The third-order valence-corrected chi connectivity index (χ3v) is 3.86. The third-order valence-electron chi connectivity index (χ3n) is 3.86. The van der Waals surface area contributed by atoms with Gasteiger partial charge in [-0.05, 0) is 48.7 Å². The molecule has 0 unspecified atom stereocenters. The second kappa shape index (κ2) is 8.87. The van der Waals surface area contributed by atoms with Crippen molar-refractivity contribution in [3.8, 4) is 5.75 Å². The lowest BCUT2D eigenvalue weighted by molar-refractivity contribution is -0.121. The molecule has 2 amide bonds. The molecule has 25 heavy (non-hydrogen) atoms. The minimum atomic E-state index is -0.126. The highest BCUT2D eigenvalue weighted by Gasteiger charge is 2.06. The first-order valence-corrected chi connectivity index (χ1v) is 8.27. The molecule has 2 aromatic rings. The topological polar surface area (TPSA) is 67.4 Å². The number of carbonyl (C=O) groups is 2. The zero-order valence-corrected chi connectivity index (χ0v) is 14.9. The molecule has 5 heteroatoms. The molecule has 0 bridgehead atoms. The number of hydrogen-bond acceptors (Lipinski definition) is 3. The van der Waals surface area contributed by atoms with Crippen LogP contribution in [0.3, 0.4) is 0 Å². The number of ether oxygens (including phenoxy) is 1. The van der Waals surface area contributed by atoms with Crippen molar-refractivity contribution in [2.75, 3.05) is 13.7 Å². The summed E-state index contributed by atoms with van der Waals surface area (Å²) in [6.07, 6.45) is 0.295. The van der Waals surface area contributed by atoms with Crippen LogP contribution in [0.15, 0.2) is 42.5 Å². The molecule has 2 aromatic carbocycles. The maximum Gasteiger partial charge on any atom is 0.251 e. The van der Waals surface area contributed by atoms with Crippen molar-refractivity contribution in [1.29, 1.82) is 0 Å². The van der Waals surface area contributed by atoms with E-state index < -0.39 is 0 Å². The van der Waals surface area contributed by atoms with E-state index in [0.717, 1.165) is 22.4 Å². The van der Waals surface area contributed by atoms with Crippen molar-refractivity contribution >= 4 is 11.8 Å². The SMILES string of the molecule is CNC(=O)c1ccc(CNC(=O)CCOc2cc(C)ccc2C)cc1. The molecule has 5 nitrogen and oxygen atoms in total. The van der Waals surface area contributed by atoms with Gasteiger partial charge in [0.15, 0.2) is 0 Å². The Morgan fingerprint density at radius 2 is 1.76 bits per heavy atom. The number of amides is 2. The van der Waals surface area contributed by atoms with Crippen LogP contribution >= 0.6 is 0 Å². The van der Waals surface area contributed by atoms with Gasteiger partial charge in [0.05, 0.1) is 13.0 Å². The van der Waals surface area contributed by atoms with E-state index in [2.05, 4.69) is 10.6 Å². The van der Waals surface area contributed by atoms with Crippen molar-refractivity contribution in [3.05, 3.63) is 64.7 Å². The molecule has 0 heterocycles. The quantitative estimate of drug-likeness (QED) is 0.814. The Morgan fingerprint density at radius 1 is 1.04 bits per heavy atom. The molecule has 0 fully saturated rings. The molecular weight excluding hydrogens is 316 g/mol. The van der Waals surface area contributed by atoms with E-state index in [-0.39, 0.29) is 11.8 Å². The maximum absolute atomic E-state index is 11.9. The molecule has 0 radical (unpaired) electrons. The summed E-state index contributed by atoms with van der Waals surface area (Å²) in [7, 11) is 1.59. The lowest BCUT2D eigenvalue weighted by atomic mass is 10.1. The minimum Gasteiger partial charge on any atom is -0.493 e. The Hall–Kier alpha value is -2.82. The van der Waals surface area contributed by atoms with Crippen LogP contribution in [0, 0.1) is 13.8 Å². The molecule has 0 atom stereocenters. The number of rotatable bonds is 7. The lowest BCUT2D eigenvalue weighted by Gasteiger charge is -2.10. The number of nitrogens with one attached hydrogen (secondary N) is 2. The van der Waals surface area contributed by atoms with Crippen LogP contribution in [0.1, 0.15) is 33.5 Å². The second-order valence-electron chi connectivity index (χ2n) is 5.92. The summed E-state index contributed by atoms with van der Waals surface area (Å²) in [4.78, 5) is 23.4. The molecule has 0 aliphatic heterocycles. The predicted molar refractivity (Wildman–Crippen MR) is 97.7 cm³/mol. The molecule has 0 saturated heterocycles. The number of hydrogen-bond donors (Lipinski definition) is 2. The molecule has 0 spiro atoms. The third kappa shape index (κ3) is 5.64. The van der Waals surface area contributed by atoms with Crippen LogP contribution in [0.25, 0.3) is 0 Å². The first kappa shape index (κ1) is 18.5. The molecular formula is C20H24N2O3. The largest absolute Gasteiger partial charge is 0.493 e. The number of benzene rings is 2. The van der Waals surface area contributed by atoms with Crippen molar-refractivity contribution < 1.29 is 14.3 Å². The van der Waals surface area contributed by atoms with Crippen molar-refractivity contribution in [3.63, 3.8) is 0 Å². The fraction of sp³-hybridized carbons (Fsp3) is 0.300. The van der Waals surface area contributed by atoms with E-state index in [1.807, 2.05) is 44.2 Å². The summed E-state index contributed by atoms with van der Waals surface area (Å²) in [5.74, 6) is 0.623. The predicted octanol–water partition coefficient (Wildman–Crippen LogP) is 2.75. The average molecular weight is 340 g/mol. The van der Waals surface area contributed by atoms with E-state index in [0.29, 0.717) is 25.1 Å². The zero-order chi connectivity index (χ0) is 18.2. The van der Waals surface area contributed by atoms with Crippen molar-refractivity contribution in [1.82, 2.24) is 10.6 Å². The Kier molecular flexibility index (Phi) is 6.57. The van der Waals surface area contributed by atoms with Gasteiger partial charge < -0.3 is 15.4 Å². The van der Waals surface area contributed by atoms with Crippen molar-refractivity contribution in [2.24, 2.45) is 0 Å². The van der Waals surface area contributed by atoms with Gasteiger partial charge in [0.2, 0.25) is 5.91 Å². The van der Waals surface area contributed by atoms with E-state index >= 15 is 0 Å². The summed E-state index contributed by atoms with van der Waals surface area (Å²) < 4.78 is 5.69. The van der Waals surface area contributed by atoms with Crippen LogP contribution < -0.4 is 15.4 Å². The molecule has 0 aliphatic rings. The van der Waals surface area contributed by atoms with E-state index in [9.17, 15) is 9.59 Å². The average Bonchev–Trinajstić information content (AvgIpc) is 2.62. The standard InChI is InChI=1S/C20H24N2O3/c1-14-4-5-15(2)18(12-14)25-11-10-19(23)22-13-16-6-8-17(9-7-16)20(24)21-3/h4-9,12H,10-11,13H2,1-3H3,(H,21,24)(H,22,23). The summed E-state index contributed by atoms with van der Waals surface area (Å²) in [6, 6.07) is 13.2. The van der Waals surface area contributed by atoms with Crippen LogP contribution in [-0.4, -0.2) is 25.5 Å². The molecule has 2 rings (SSSR count). The molecule has 0 aliphatic carbocycles. The Bertz CT molecular complexity index is 739. The fourth-order valence-electron chi connectivity index (χ4n) is 2.32. The highest BCUT2D eigenvalue weighted by atomic mass is 16.5. The molecule has 0 aromatic heterocycles. The monoisotopic (exact) mass is 340 g/mol. The van der Waals surface area contributed by atoms with Gasteiger partial charge in [-0.1, -0.05) is 24.3 Å². The lowest BCUT2D eigenvalue weighted by Crippen LogP contribution is -2.24. The van der Waals surface area contributed by atoms with E-state index in [4.69, 9.17) is 4.74 Å². The van der Waals surface area contributed by atoms with Gasteiger partial charge in [0.25, 0.3) is 5.91 Å². The first-order chi connectivity index (χ1) is 12.0. The van der Waals surface area contributed by atoms with E-state index in [1.165, 1.54) is 0 Å². The van der Waals surface area contributed by atoms with Gasteiger partial charge in [-0.25, -0.2) is 0 Å². The maximum atomic E-state index is 11.9. The van der Waals surface area contributed by atoms with Gasteiger partial charge in [0.1, 0.15) is 5.75 Å². The Balaban J connectivity index is 1.75. The van der Waals surface area contributed by atoms with Crippen molar-refractivity contribution in [2.45, 2.75) is 26.8 Å². The Labute approximate surface area is 148 Å². The van der Waals surface area contributed by atoms with Crippen LogP contribution in [0.4, 0.5) is 0 Å². The van der Waals surface area contributed by atoms with Gasteiger partial charge >= 0.3 is 0 Å². The zero-order valence-electron chi connectivity index (χ0n) is 14.9. The normalized spacial score (nSPS) is 10.2. The van der Waals surface area contributed by atoms with Crippen LogP contribution in [-0.2, 0) is 11.3 Å². The summed E-state index contributed by atoms with van der Waals surface area (Å²) >= 11 is 0. The summed E-state index contributed by atoms with van der Waals surface area (Å²) in [5, 5.41) is 5.43. The Morgan fingerprint density at radius 3 is 2.44 bits per heavy atom. The molecule has 0 saturated carbocycles. The summed E-state index contributed by atoms with van der Waals surface area (Å²) in [5.41, 5.74) is 3.73. The minimum absolute atomic E-state index is 0.0688. The van der Waals surface area contributed by atoms with Gasteiger partial charge in [-0.2, -0.15) is 0 Å². The second-order valence-corrected chi connectivity index (χ2v) is 5.92. The summed E-state index contributed by atoms with van der Waals surface area (Å²) in [6.45, 7) is 4.76. The first-order valence-electron chi connectivity index (χ1n) is 8.27. The van der Waals surface area contributed by atoms with Gasteiger partial charge in [-0.15, -0.1) is 0 Å². The van der Waals surface area contributed by atoms with E-state index in [1.54, 1.807) is 19.2 Å².